The zero-order valence-corrected chi connectivity index (χ0v) is 16.5. The maximum absolute atomic E-state index is 12.6. The number of carbonyl (C=O) groups is 2. The summed E-state index contributed by atoms with van der Waals surface area (Å²) < 4.78 is 0. The van der Waals surface area contributed by atoms with Crippen LogP contribution in [-0.2, 0) is 22.6 Å². The number of nitrogens with two attached hydrogens (primary N) is 1. The van der Waals surface area contributed by atoms with Gasteiger partial charge in [-0.15, -0.1) is 0 Å². The molecule has 0 aromatic heterocycles. The van der Waals surface area contributed by atoms with E-state index in [0.717, 1.165) is 48.2 Å². The van der Waals surface area contributed by atoms with E-state index in [1.54, 1.807) is 4.90 Å². The Hall–Kier alpha value is -2.37. The van der Waals surface area contributed by atoms with Crippen molar-refractivity contribution in [1.82, 2.24) is 0 Å². The highest BCUT2D eigenvalue weighted by atomic mass is 35.5. The molecule has 3 N–H and O–H groups in total. The van der Waals surface area contributed by atoms with Crippen LogP contribution in [0.2, 0.25) is 5.02 Å². The van der Waals surface area contributed by atoms with E-state index in [-0.39, 0.29) is 11.8 Å². The number of nitrogens with one attached hydrogen (secondary N) is 1. The molecule has 0 radical (unpaired) electrons. The van der Waals surface area contributed by atoms with Crippen LogP contribution in [0.1, 0.15) is 43.2 Å². The lowest BCUT2D eigenvalue weighted by Crippen LogP contribution is -2.48. The first-order valence-corrected chi connectivity index (χ1v) is 10.1. The molecule has 146 valence electrons. The minimum absolute atomic E-state index is 0.103. The van der Waals surface area contributed by atoms with Gasteiger partial charge in [0.05, 0.1) is 12.1 Å². The lowest BCUT2D eigenvalue weighted by molar-refractivity contribution is -0.121. The van der Waals surface area contributed by atoms with E-state index in [4.69, 9.17) is 17.3 Å². The lowest BCUT2D eigenvalue weighted by Gasteiger charge is -2.30. The van der Waals surface area contributed by atoms with E-state index in [0.29, 0.717) is 24.4 Å². The first-order valence-electron chi connectivity index (χ1n) is 9.73. The maximum atomic E-state index is 12.6. The summed E-state index contributed by atoms with van der Waals surface area (Å²) in [4.78, 5) is 26.9. The van der Waals surface area contributed by atoms with Crippen LogP contribution in [0.4, 0.5) is 11.4 Å². The van der Waals surface area contributed by atoms with Crippen molar-refractivity contribution < 1.29 is 9.59 Å². The van der Waals surface area contributed by atoms with Crippen molar-refractivity contribution in [3.05, 3.63) is 58.6 Å². The number of fused-ring (bicyclic) bond motifs is 1. The smallest absolute Gasteiger partial charge is 0.244 e. The Balaban J connectivity index is 1.54. The Bertz CT molecular complexity index is 904. The van der Waals surface area contributed by atoms with E-state index in [9.17, 15) is 9.59 Å². The van der Waals surface area contributed by atoms with Gasteiger partial charge in [-0.3, -0.25) is 9.59 Å². The molecular weight excluding hydrogens is 374 g/mol. The van der Waals surface area contributed by atoms with Crippen molar-refractivity contribution >= 4 is 34.8 Å². The summed E-state index contributed by atoms with van der Waals surface area (Å²) in [5.41, 5.74) is 9.21. The molecular formula is C22H24ClN3O2. The number of benzene rings is 2. The largest absolute Gasteiger partial charge is 0.324 e. The van der Waals surface area contributed by atoms with E-state index < -0.39 is 5.54 Å². The minimum Gasteiger partial charge on any atom is -0.324 e. The van der Waals surface area contributed by atoms with Crippen molar-refractivity contribution in [2.45, 2.75) is 50.6 Å². The van der Waals surface area contributed by atoms with Gasteiger partial charge in [-0.1, -0.05) is 36.6 Å². The zero-order valence-electron chi connectivity index (χ0n) is 15.7. The Morgan fingerprint density at radius 1 is 1.11 bits per heavy atom. The van der Waals surface area contributed by atoms with Gasteiger partial charge in [0.2, 0.25) is 11.8 Å². The first kappa shape index (κ1) is 19.0. The quantitative estimate of drug-likeness (QED) is 0.817. The number of hydrogen-bond acceptors (Lipinski definition) is 3. The molecule has 2 amide bonds. The monoisotopic (exact) mass is 397 g/mol. The Morgan fingerprint density at radius 2 is 1.82 bits per heavy atom. The van der Waals surface area contributed by atoms with Gasteiger partial charge in [0.15, 0.2) is 0 Å². The molecule has 1 fully saturated rings. The van der Waals surface area contributed by atoms with Gasteiger partial charge in [-0.05, 0) is 60.7 Å². The lowest BCUT2D eigenvalue weighted by atomic mass is 9.97. The molecule has 0 unspecified atom stereocenters. The molecule has 1 saturated carbocycles. The molecule has 0 bridgehead atoms. The van der Waals surface area contributed by atoms with Gasteiger partial charge in [0, 0.05) is 22.8 Å². The van der Waals surface area contributed by atoms with Gasteiger partial charge < -0.3 is 16.0 Å². The fourth-order valence-electron chi connectivity index (χ4n) is 4.07. The molecule has 1 heterocycles. The summed E-state index contributed by atoms with van der Waals surface area (Å²) in [6, 6.07) is 13.2. The highest BCUT2D eigenvalue weighted by Crippen LogP contribution is 2.33. The highest BCUT2D eigenvalue weighted by Gasteiger charge is 2.37. The Labute approximate surface area is 169 Å². The van der Waals surface area contributed by atoms with Crippen LogP contribution in [0.5, 0.6) is 0 Å². The van der Waals surface area contributed by atoms with Crippen LogP contribution in [0, 0.1) is 0 Å². The number of nitrogens with zero attached hydrogens (tertiary/aromatic N) is 1. The van der Waals surface area contributed by atoms with Crippen molar-refractivity contribution in [2.75, 3.05) is 10.2 Å². The van der Waals surface area contributed by atoms with Crippen LogP contribution in [0.3, 0.4) is 0 Å². The van der Waals surface area contributed by atoms with E-state index in [2.05, 4.69) is 5.32 Å². The standard InChI is InChI=1S/C22H24ClN3O2/c23-17-6-3-15(4-7-17)14-26-19-9-8-18(13-16(19)5-10-20(26)27)25-21(28)22(24)11-1-2-12-22/h3-4,6-9,13H,1-2,5,10-12,14,24H2,(H,25,28). The zero-order chi connectivity index (χ0) is 19.7. The number of anilines is 2. The maximum Gasteiger partial charge on any atom is 0.244 e. The second kappa shape index (κ2) is 7.57. The molecule has 1 aliphatic carbocycles. The van der Waals surface area contributed by atoms with Gasteiger partial charge in [-0.25, -0.2) is 0 Å². The molecule has 1 aliphatic heterocycles. The number of halogens is 1. The van der Waals surface area contributed by atoms with E-state index >= 15 is 0 Å². The van der Waals surface area contributed by atoms with Crippen LogP contribution >= 0.6 is 11.6 Å². The SMILES string of the molecule is NC1(C(=O)Nc2ccc3c(c2)CCC(=O)N3Cc2ccc(Cl)cc2)CCCC1. The summed E-state index contributed by atoms with van der Waals surface area (Å²) >= 11 is 5.96. The third-order valence-corrected chi connectivity index (χ3v) is 5.99. The minimum atomic E-state index is -0.757. The number of rotatable bonds is 4. The molecule has 28 heavy (non-hydrogen) atoms. The number of hydrogen-bond donors (Lipinski definition) is 2. The summed E-state index contributed by atoms with van der Waals surface area (Å²) in [6.07, 6.45) is 4.58. The molecule has 5 nitrogen and oxygen atoms in total. The van der Waals surface area contributed by atoms with Crippen molar-refractivity contribution in [3.63, 3.8) is 0 Å². The van der Waals surface area contributed by atoms with Gasteiger partial charge in [0.25, 0.3) is 0 Å². The number of carbonyl (C=O) groups excluding carboxylic acids is 2. The van der Waals surface area contributed by atoms with Gasteiger partial charge >= 0.3 is 0 Å². The molecule has 0 spiro atoms. The van der Waals surface area contributed by atoms with Crippen LogP contribution < -0.4 is 16.0 Å². The first-order chi connectivity index (χ1) is 13.4. The summed E-state index contributed by atoms with van der Waals surface area (Å²) in [7, 11) is 0. The Morgan fingerprint density at radius 3 is 2.54 bits per heavy atom. The van der Waals surface area contributed by atoms with Crippen LogP contribution in [0.15, 0.2) is 42.5 Å². The van der Waals surface area contributed by atoms with E-state index in [1.807, 2.05) is 42.5 Å². The summed E-state index contributed by atoms with van der Waals surface area (Å²) in [5.74, 6) is -0.0130. The Kier molecular flexibility index (Phi) is 5.13. The third-order valence-electron chi connectivity index (χ3n) is 5.74. The molecule has 0 saturated heterocycles. The second-order valence-electron chi connectivity index (χ2n) is 7.77. The fraction of sp³-hybridized carbons (Fsp3) is 0.364. The molecule has 0 atom stereocenters. The third kappa shape index (κ3) is 3.77. The molecule has 6 heteroatoms. The predicted octanol–water partition coefficient (Wildman–Crippen LogP) is 4.03. The summed E-state index contributed by atoms with van der Waals surface area (Å²) in [5, 5.41) is 3.65. The van der Waals surface area contributed by atoms with E-state index in [1.165, 1.54) is 0 Å². The molecule has 2 aromatic carbocycles. The number of amides is 2. The van der Waals surface area contributed by atoms with Crippen molar-refractivity contribution in [3.8, 4) is 0 Å². The average molecular weight is 398 g/mol. The van der Waals surface area contributed by atoms with Crippen LogP contribution in [-0.4, -0.2) is 17.4 Å². The topological polar surface area (TPSA) is 75.4 Å². The fourth-order valence-corrected chi connectivity index (χ4v) is 4.20. The second-order valence-corrected chi connectivity index (χ2v) is 8.20. The highest BCUT2D eigenvalue weighted by molar-refractivity contribution is 6.30. The molecule has 2 aliphatic rings. The predicted molar refractivity (Wildman–Crippen MR) is 111 cm³/mol. The van der Waals surface area contributed by atoms with Gasteiger partial charge in [0.1, 0.15) is 0 Å². The van der Waals surface area contributed by atoms with Crippen LogP contribution in [0.25, 0.3) is 0 Å². The summed E-state index contributed by atoms with van der Waals surface area (Å²) in [6.45, 7) is 0.501. The van der Waals surface area contributed by atoms with Gasteiger partial charge in [-0.2, -0.15) is 0 Å². The van der Waals surface area contributed by atoms with Crippen molar-refractivity contribution in [2.24, 2.45) is 5.73 Å². The molecule has 2 aromatic rings. The average Bonchev–Trinajstić information content (AvgIpc) is 3.14. The normalized spacial score (nSPS) is 18.1. The number of aryl methyl sites for hydroxylation is 1. The molecule has 4 rings (SSSR count). The van der Waals surface area contributed by atoms with Crippen molar-refractivity contribution in [1.29, 1.82) is 0 Å².